The van der Waals surface area contributed by atoms with Gasteiger partial charge in [0.05, 0.1) is 21.4 Å². The fourth-order valence-electron chi connectivity index (χ4n) is 2.09. The molecule has 0 radical (unpaired) electrons. The van der Waals surface area contributed by atoms with Crippen LogP contribution in [0.2, 0.25) is 0 Å². The highest BCUT2D eigenvalue weighted by Gasteiger charge is 2.12. The van der Waals surface area contributed by atoms with Gasteiger partial charge in [-0.15, -0.1) is 11.6 Å². The van der Waals surface area contributed by atoms with Crippen molar-refractivity contribution >= 4 is 44.5 Å². The first-order valence-electron chi connectivity index (χ1n) is 6.21. The maximum Gasteiger partial charge on any atom is 0.217 e. The molecule has 0 atom stereocenters. The van der Waals surface area contributed by atoms with Crippen LogP contribution < -0.4 is 5.73 Å². The first-order valence-corrected chi connectivity index (χ1v) is 7.54. The zero-order chi connectivity index (χ0) is 14.7. The lowest BCUT2D eigenvalue weighted by atomic mass is 10.2. The van der Waals surface area contributed by atoms with Crippen LogP contribution in [0.3, 0.4) is 0 Å². The molecule has 1 amide bonds. The SMILES string of the molecule is NC(=O)CCCCn1c(CCl)nc2cc(Br)c(F)cc21. The van der Waals surface area contributed by atoms with E-state index in [1.54, 1.807) is 6.07 Å². The van der Waals surface area contributed by atoms with E-state index < -0.39 is 0 Å². The van der Waals surface area contributed by atoms with Crippen molar-refractivity contribution in [2.75, 3.05) is 0 Å². The molecule has 0 unspecified atom stereocenters. The quantitative estimate of drug-likeness (QED) is 0.633. The molecule has 2 rings (SSSR count). The van der Waals surface area contributed by atoms with Crippen LogP contribution in [0.5, 0.6) is 0 Å². The van der Waals surface area contributed by atoms with Crippen molar-refractivity contribution in [2.45, 2.75) is 31.7 Å². The van der Waals surface area contributed by atoms with Crippen LogP contribution in [0.25, 0.3) is 11.0 Å². The molecule has 1 aromatic heterocycles. The van der Waals surface area contributed by atoms with Crippen LogP contribution in [0.1, 0.15) is 25.1 Å². The summed E-state index contributed by atoms with van der Waals surface area (Å²) in [5, 5.41) is 0. The fourth-order valence-corrected chi connectivity index (χ4v) is 2.63. The summed E-state index contributed by atoms with van der Waals surface area (Å²) in [6.07, 6.45) is 1.80. The number of hydrogen-bond donors (Lipinski definition) is 1. The van der Waals surface area contributed by atoms with Crippen molar-refractivity contribution in [3.63, 3.8) is 0 Å². The molecule has 108 valence electrons. The lowest BCUT2D eigenvalue weighted by molar-refractivity contribution is -0.118. The molecule has 2 aromatic rings. The van der Waals surface area contributed by atoms with Gasteiger partial charge in [-0.25, -0.2) is 9.37 Å². The third-order valence-electron chi connectivity index (χ3n) is 3.04. The van der Waals surface area contributed by atoms with Crippen molar-refractivity contribution in [3.05, 3.63) is 28.2 Å². The van der Waals surface area contributed by atoms with E-state index in [-0.39, 0.29) is 17.6 Å². The maximum absolute atomic E-state index is 13.7. The smallest absolute Gasteiger partial charge is 0.217 e. The Balaban J connectivity index is 2.25. The Bertz CT molecular complexity index is 644. The van der Waals surface area contributed by atoms with Gasteiger partial charge in [0.15, 0.2) is 0 Å². The van der Waals surface area contributed by atoms with Crippen LogP contribution in [-0.2, 0) is 17.2 Å². The largest absolute Gasteiger partial charge is 0.370 e. The molecular weight excluding hydrogens is 349 g/mol. The van der Waals surface area contributed by atoms with Gasteiger partial charge < -0.3 is 10.3 Å². The number of carbonyl (C=O) groups excluding carboxylic acids is 1. The minimum atomic E-state index is -0.336. The predicted octanol–water partition coefficient (Wildman–Crippen LogP) is 3.33. The summed E-state index contributed by atoms with van der Waals surface area (Å²) in [4.78, 5) is 15.1. The number of alkyl halides is 1. The third kappa shape index (κ3) is 3.30. The minimum Gasteiger partial charge on any atom is -0.370 e. The summed E-state index contributed by atoms with van der Waals surface area (Å²) in [5.74, 6) is 0.298. The third-order valence-corrected chi connectivity index (χ3v) is 3.89. The normalized spacial score (nSPS) is 11.2. The number of aryl methyl sites for hydroxylation is 1. The molecule has 0 aliphatic carbocycles. The number of unbranched alkanes of at least 4 members (excludes halogenated alkanes) is 1. The number of nitrogens with two attached hydrogens (primary N) is 1. The molecule has 0 aliphatic heterocycles. The van der Waals surface area contributed by atoms with E-state index in [0.717, 1.165) is 6.42 Å². The molecular formula is C13H14BrClFN3O. The second-order valence-corrected chi connectivity index (χ2v) is 5.61. The van der Waals surface area contributed by atoms with Gasteiger partial charge >= 0.3 is 0 Å². The van der Waals surface area contributed by atoms with Crippen LogP contribution in [-0.4, -0.2) is 15.5 Å². The van der Waals surface area contributed by atoms with Crippen molar-refractivity contribution in [2.24, 2.45) is 5.73 Å². The van der Waals surface area contributed by atoms with E-state index in [1.807, 2.05) is 4.57 Å². The maximum atomic E-state index is 13.7. The molecule has 7 heteroatoms. The van der Waals surface area contributed by atoms with Gasteiger partial charge in [-0.3, -0.25) is 4.79 Å². The molecule has 0 saturated heterocycles. The van der Waals surface area contributed by atoms with Crippen LogP contribution >= 0.6 is 27.5 Å². The Morgan fingerprint density at radius 1 is 1.45 bits per heavy atom. The summed E-state index contributed by atoms with van der Waals surface area (Å²) in [6, 6.07) is 3.08. The van der Waals surface area contributed by atoms with Gasteiger partial charge in [0.1, 0.15) is 11.6 Å². The van der Waals surface area contributed by atoms with Crippen molar-refractivity contribution in [1.29, 1.82) is 0 Å². The summed E-state index contributed by atoms with van der Waals surface area (Å²) in [6.45, 7) is 0.632. The topological polar surface area (TPSA) is 60.9 Å². The Labute approximate surface area is 129 Å². The molecule has 2 N–H and O–H groups in total. The lowest BCUT2D eigenvalue weighted by Crippen LogP contribution is -2.10. The number of halogens is 3. The molecule has 1 aromatic carbocycles. The molecule has 0 spiro atoms. The average Bonchev–Trinajstić information content (AvgIpc) is 2.72. The van der Waals surface area contributed by atoms with Gasteiger partial charge in [-0.05, 0) is 34.8 Å². The molecule has 0 aliphatic rings. The molecule has 0 saturated carbocycles. The number of carbonyl (C=O) groups is 1. The fraction of sp³-hybridized carbons (Fsp3) is 0.385. The van der Waals surface area contributed by atoms with E-state index in [2.05, 4.69) is 20.9 Å². The van der Waals surface area contributed by atoms with E-state index in [4.69, 9.17) is 17.3 Å². The monoisotopic (exact) mass is 361 g/mol. The second-order valence-electron chi connectivity index (χ2n) is 4.49. The summed E-state index contributed by atoms with van der Waals surface area (Å²) in [5.41, 5.74) is 6.51. The number of nitrogens with zero attached hydrogens (tertiary/aromatic N) is 2. The van der Waals surface area contributed by atoms with Crippen molar-refractivity contribution < 1.29 is 9.18 Å². The summed E-state index contributed by atoms with van der Waals surface area (Å²) >= 11 is 9.03. The highest BCUT2D eigenvalue weighted by atomic mass is 79.9. The first-order chi connectivity index (χ1) is 9.52. The van der Waals surface area contributed by atoms with Gasteiger partial charge in [0.2, 0.25) is 5.91 Å². The highest BCUT2D eigenvalue weighted by molar-refractivity contribution is 9.10. The number of rotatable bonds is 6. The number of benzene rings is 1. The van der Waals surface area contributed by atoms with Gasteiger partial charge in [0.25, 0.3) is 0 Å². The molecule has 20 heavy (non-hydrogen) atoms. The zero-order valence-corrected chi connectivity index (χ0v) is 13.0. The average molecular weight is 363 g/mol. The number of hydrogen-bond acceptors (Lipinski definition) is 2. The van der Waals surface area contributed by atoms with Crippen LogP contribution in [0.15, 0.2) is 16.6 Å². The van der Waals surface area contributed by atoms with Crippen molar-refractivity contribution in [3.8, 4) is 0 Å². The van der Waals surface area contributed by atoms with Gasteiger partial charge in [-0.2, -0.15) is 0 Å². The molecule has 0 bridgehead atoms. The summed E-state index contributed by atoms with van der Waals surface area (Å²) < 4.78 is 15.9. The zero-order valence-electron chi connectivity index (χ0n) is 10.7. The second kappa shape index (κ2) is 6.54. The Kier molecular flexibility index (Phi) is 4.99. The van der Waals surface area contributed by atoms with Crippen LogP contribution in [0, 0.1) is 5.82 Å². The predicted molar refractivity (Wildman–Crippen MR) is 80.0 cm³/mol. The van der Waals surface area contributed by atoms with E-state index >= 15 is 0 Å². The first kappa shape index (κ1) is 15.3. The highest BCUT2D eigenvalue weighted by Crippen LogP contribution is 2.25. The Morgan fingerprint density at radius 2 is 2.20 bits per heavy atom. The Hall–Kier alpha value is -1.14. The Morgan fingerprint density at radius 3 is 2.85 bits per heavy atom. The lowest BCUT2D eigenvalue weighted by Gasteiger charge is -2.07. The number of imidazole rings is 1. The minimum absolute atomic E-state index is 0.254. The molecule has 1 heterocycles. The van der Waals surface area contributed by atoms with Gasteiger partial charge in [0, 0.05) is 19.0 Å². The number of amides is 1. The number of aromatic nitrogens is 2. The number of fused-ring (bicyclic) bond motifs is 1. The van der Waals surface area contributed by atoms with Crippen LogP contribution in [0.4, 0.5) is 4.39 Å². The van der Waals surface area contributed by atoms with Crippen molar-refractivity contribution in [1.82, 2.24) is 9.55 Å². The summed E-state index contributed by atoms with van der Waals surface area (Å²) in [7, 11) is 0. The van der Waals surface area contributed by atoms with E-state index in [0.29, 0.717) is 40.7 Å². The molecule has 4 nitrogen and oxygen atoms in total. The molecule has 0 fully saturated rings. The number of primary amides is 1. The van der Waals surface area contributed by atoms with E-state index in [9.17, 15) is 9.18 Å². The standard InChI is InChI=1S/C13H14BrClFN3O/c14-8-5-10-11(6-9(8)16)19(13(7-15)18-10)4-2-1-3-12(17)20/h5-6H,1-4,7H2,(H2,17,20). The van der Waals surface area contributed by atoms with E-state index in [1.165, 1.54) is 6.07 Å². The van der Waals surface area contributed by atoms with Gasteiger partial charge in [-0.1, -0.05) is 0 Å².